The first-order valence-electron chi connectivity index (χ1n) is 6.33. The third-order valence-corrected chi connectivity index (χ3v) is 4.27. The smallest absolute Gasteiger partial charge is 0.0864 e. The largest absolute Gasteiger partial charge is 0.323 e. The van der Waals surface area contributed by atoms with E-state index >= 15 is 0 Å². The number of nitrogens with one attached hydrogen (secondary N) is 1. The topological polar surface area (TPSA) is 50.9 Å². The van der Waals surface area contributed by atoms with Crippen LogP contribution < -0.4 is 11.3 Å². The number of hydrazine groups is 1. The Morgan fingerprint density at radius 2 is 1.80 bits per heavy atom. The summed E-state index contributed by atoms with van der Waals surface area (Å²) >= 11 is 2.31. The maximum Gasteiger partial charge on any atom is 0.0864 e. The number of hydrogen-bond donors (Lipinski definition) is 2. The van der Waals surface area contributed by atoms with Crippen molar-refractivity contribution in [2.24, 2.45) is 5.84 Å². The summed E-state index contributed by atoms with van der Waals surface area (Å²) in [7, 11) is 0. The molecule has 3 aromatic rings. The van der Waals surface area contributed by atoms with Gasteiger partial charge in [-0.15, -0.1) is 0 Å². The van der Waals surface area contributed by atoms with Crippen molar-refractivity contribution in [3.63, 3.8) is 0 Å². The van der Waals surface area contributed by atoms with Crippen LogP contribution in [0.15, 0.2) is 48.5 Å². The Labute approximate surface area is 131 Å². The quantitative estimate of drug-likeness (QED) is 0.403. The number of rotatable bonds is 2. The normalized spacial score (nSPS) is 10.8. The second kappa shape index (κ2) is 5.38. The third-order valence-electron chi connectivity index (χ3n) is 3.40. The van der Waals surface area contributed by atoms with Crippen LogP contribution in [0.2, 0.25) is 0 Å². The molecule has 2 aromatic carbocycles. The van der Waals surface area contributed by atoms with Gasteiger partial charge in [0, 0.05) is 20.1 Å². The number of para-hydroxylation sites is 1. The molecule has 20 heavy (non-hydrogen) atoms. The molecule has 0 amide bonds. The lowest BCUT2D eigenvalue weighted by molar-refractivity contribution is 1.27. The Morgan fingerprint density at radius 3 is 2.50 bits per heavy atom. The Morgan fingerprint density at radius 1 is 1.05 bits per heavy atom. The molecule has 0 spiro atoms. The summed E-state index contributed by atoms with van der Waals surface area (Å²) < 4.78 is 1.12. The van der Waals surface area contributed by atoms with Crippen LogP contribution in [0.3, 0.4) is 0 Å². The molecule has 1 aromatic heterocycles. The fraction of sp³-hybridized carbons (Fsp3) is 0.0625. The summed E-state index contributed by atoms with van der Waals surface area (Å²) in [6, 6.07) is 16.3. The zero-order valence-electron chi connectivity index (χ0n) is 11.0. The summed E-state index contributed by atoms with van der Waals surface area (Å²) in [6.45, 7) is 2.05. The van der Waals surface area contributed by atoms with Crippen molar-refractivity contribution in [1.29, 1.82) is 0 Å². The molecular formula is C16H14IN3. The molecule has 3 nitrogen and oxygen atoms in total. The number of halogens is 1. The van der Waals surface area contributed by atoms with Gasteiger partial charge in [-0.3, -0.25) is 5.84 Å². The minimum Gasteiger partial charge on any atom is -0.323 e. The van der Waals surface area contributed by atoms with E-state index in [0.29, 0.717) is 0 Å². The van der Waals surface area contributed by atoms with Crippen LogP contribution in [-0.2, 0) is 0 Å². The van der Waals surface area contributed by atoms with Gasteiger partial charge in [0.25, 0.3) is 0 Å². The third kappa shape index (κ3) is 2.14. The molecule has 100 valence electrons. The molecule has 0 saturated carbocycles. The summed E-state index contributed by atoms with van der Waals surface area (Å²) in [5.74, 6) is 5.73. The molecule has 1 heterocycles. The molecule has 0 atom stereocenters. The van der Waals surface area contributed by atoms with Gasteiger partial charge in [0.15, 0.2) is 0 Å². The molecule has 3 rings (SSSR count). The maximum absolute atomic E-state index is 5.73. The number of fused-ring (bicyclic) bond motifs is 1. The molecule has 0 aliphatic heterocycles. The average molecular weight is 375 g/mol. The fourth-order valence-electron chi connectivity index (χ4n) is 2.41. The zero-order chi connectivity index (χ0) is 14.1. The predicted octanol–water partition coefficient (Wildman–Crippen LogP) is 4.10. The second-order valence-corrected chi connectivity index (χ2v) is 5.77. The van der Waals surface area contributed by atoms with Gasteiger partial charge in [-0.05, 0) is 35.6 Å². The van der Waals surface area contributed by atoms with Crippen LogP contribution in [0.4, 0.5) is 5.69 Å². The number of hydrogen-bond acceptors (Lipinski definition) is 3. The van der Waals surface area contributed by atoms with Gasteiger partial charge in [-0.25, -0.2) is 4.98 Å². The van der Waals surface area contributed by atoms with E-state index in [0.717, 1.165) is 37.0 Å². The molecule has 4 heteroatoms. The summed E-state index contributed by atoms with van der Waals surface area (Å²) in [5.41, 5.74) is 7.88. The van der Waals surface area contributed by atoms with E-state index in [-0.39, 0.29) is 0 Å². The minimum atomic E-state index is 0.937. The molecule has 0 unspecified atom stereocenters. The van der Waals surface area contributed by atoms with Gasteiger partial charge in [0.05, 0.1) is 16.9 Å². The van der Waals surface area contributed by atoms with Crippen LogP contribution in [0.5, 0.6) is 0 Å². The Bertz CT molecular complexity index is 770. The van der Waals surface area contributed by atoms with Gasteiger partial charge < -0.3 is 5.43 Å². The van der Waals surface area contributed by atoms with Crippen LogP contribution in [0.25, 0.3) is 22.2 Å². The predicted molar refractivity (Wildman–Crippen MR) is 92.4 cm³/mol. The molecular weight excluding hydrogens is 361 g/mol. The second-order valence-electron chi connectivity index (χ2n) is 4.61. The minimum absolute atomic E-state index is 0.937. The van der Waals surface area contributed by atoms with E-state index in [1.807, 2.05) is 37.3 Å². The van der Waals surface area contributed by atoms with Crippen LogP contribution in [0.1, 0.15) is 5.56 Å². The first-order chi connectivity index (χ1) is 9.72. The van der Waals surface area contributed by atoms with Gasteiger partial charge in [-0.1, -0.05) is 42.5 Å². The van der Waals surface area contributed by atoms with Crippen molar-refractivity contribution in [2.45, 2.75) is 6.92 Å². The van der Waals surface area contributed by atoms with E-state index in [9.17, 15) is 0 Å². The van der Waals surface area contributed by atoms with Gasteiger partial charge in [0.2, 0.25) is 0 Å². The number of anilines is 1. The van der Waals surface area contributed by atoms with Crippen LogP contribution >= 0.6 is 22.6 Å². The molecule has 0 bridgehead atoms. The van der Waals surface area contributed by atoms with E-state index in [2.05, 4.69) is 46.2 Å². The average Bonchev–Trinajstić information content (AvgIpc) is 2.48. The van der Waals surface area contributed by atoms with E-state index in [1.54, 1.807) is 0 Å². The number of aromatic nitrogens is 1. The lowest BCUT2D eigenvalue weighted by Gasteiger charge is -2.14. The molecule has 3 N–H and O–H groups in total. The van der Waals surface area contributed by atoms with Crippen LogP contribution in [-0.4, -0.2) is 4.98 Å². The number of nitrogens with zero attached hydrogens (tertiary/aromatic N) is 1. The highest BCUT2D eigenvalue weighted by atomic mass is 127. The van der Waals surface area contributed by atoms with Crippen molar-refractivity contribution >= 4 is 39.2 Å². The van der Waals surface area contributed by atoms with Crippen molar-refractivity contribution in [3.8, 4) is 11.3 Å². The fourth-order valence-corrected chi connectivity index (χ4v) is 3.03. The Hall–Kier alpha value is -1.66. The maximum atomic E-state index is 5.73. The van der Waals surface area contributed by atoms with E-state index in [4.69, 9.17) is 10.8 Å². The highest BCUT2D eigenvalue weighted by molar-refractivity contribution is 14.1. The summed E-state index contributed by atoms with van der Waals surface area (Å²) in [6.07, 6.45) is 0. The SMILES string of the molecule is Cc1c(-c2ccccc2)nc2c(I)cccc2c1NN. The van der Waals surface area contributed by atoms with Gasteiger partial charge in [0.1, 0.15) is 0 Å². The molecule has 0 radical (unpaired) electrons. The van der Waals surface area contributed by atoms with Gasteiger partial charge in [-0.2, -0.15) is 0 Å². The lowest BCUT2D eigenvalue weighted by atomic mass is 10.0. The standard InChI is InChI=1S/C16H14IN3/c1-10-14(11-6-3-2-4-7-11)19-16-12(15(10)20-18)8-5-9-13(16)17/h2-9H,18H2,1H3,(H,19,20). The highest BCUT2D eigenvalue weighted by Crippen LogP contribution is 2.34. The number of nitrogen functional groups attached to an aromatic ring is 1. The molecule has 0 aliphatic carbocycles. The first-order valence-corrected chi connectivity index (χ1v) is 7.41. The molecule has 0 fully saturated rings. The number of nitrogens with two attached hydrogens (primary N) is 1. The number of benzene rings is 2. The first kappa shape index (κ1) is 13.3. The Balaban J connectivity index is 2.40. The van der Waals surface area contributed by atoms with Crippen molar-refractivity contribution in [2.75, 3.05) is 5.43 Å². The highest BCUT2D eigenvalue weighted by Gasteiger charge is 2.13. The molecule has 0 saturated heterocycles. The van der Waals surface area contributed by atoms with E-state index in [1.165, 1.54) is 0 Å². The van der Waals surface area contributed by atoms with Crippen molar-refractivity contribution in [3.05, 3.63) is 57.7 Å². The van der Waals surface area contributed by atoms with E-state index < -0.39 is 0 Å². The summed E-state index contributed by atoms with van der Waals surface area (Å²) in [4.78, 5) is 4.85. The zero-order valence-corrected chi connectivity index (χ0v) is 13.2. The Kier molecular flexibility index (Phi) is 3.58. The summed E-state index contributed by atoms with van der Waals surface area (Å²) in [5, 5.41) is 1.05. The monoisotopic (exact) mass is 375 g/mol. The number of pyridine rings is 1. The molecule has 0 aliphatic rings. The van der Waals surface area contributed by atoms with Gasteiger partial charge >= 0.3 is 0 Å². The van der Waals surface area contributed by atoms with Crippen molar-refractivity contribution in [1.82, 2.24) is 4.98 Å². The van der Waals surface area contributed by atoms with Crippen molar-refractivity contribution < 1.29 is 0 Å². The van der Waals surface area contributed by atoms with Crippen LogP contribution in [0, 0.1) is 10.5 Å². The lowest BCUT2D eigenvalue weighted by Crippen LogP contribution is -2.10.